The van der Waals surface area contributed by atoms with Crippen LogP contribution in [-0.2, 0) is 4.79 Å². The zero-order valence-corrected chi connectivity index (χ0v) is 12.7. The van der Waals surface area contributed by atoms with E-state index < -0.39 is 5.97 Å². The standard InChI is InChI=1S/C16H10Cl2O4/c17-11-3-5-13(12(18)8-11)22-16(19)6-2-10-1-4-14-15(7-10)21-9-20-14/h1-8H,9H2. The highest BCUT2D eigenvalue weighted by atomic mass is 35.5. The maximum atomic E-state index is 11.8. The third-order valence-corrected chi connectivity index (χ3v) is 3.44. The van der Waals surface area contributed by atoms with Crippen LogP contribution in [0, 0.1) is 0 Å². The van der Waals surface area contributed by atoms with E-state index in [4.69, 9.17) is 37.4 Å². The number of esters is 1. The van der Waals surface area contributed by atoms with Gasteiger partial charge in [0, 0.05) is 11.1 Å². The highest BCUT2D eigenvalue weighted by Gasteiger charge is 2.12. The summed E-state index contributed by atoms with van der Waals surface area (Å²) in [5, 5.41) is 0.748. The Morgan fingerprint density at radius 3 is 2.73 bits per heavy atom. The molecule has 112 valence electrons. The van der Waals surface area contributed by atoms with Crippen LogP contribution in [0.2, 0.25) is 10.0 Å². The average molecular weight is 337 g/mol. The number of carbonyl (C=O) groups is 1. The topological polar surface area (TPSA) is 44.8 Å². The molecule has 0 aliphatic carbocycles. The lowest BCUT2D eigenvalue weighted by molar-refractivity contribution is -0.128. The smallest absolute Gasteiger partial charge is 0.336 e. The minimum absolute atomic E-state index is 0.208. The Kier molecular flexibility index (Phi) is 4.22. The van der Waals surface area contributed by atoms with E-state index in [9.17, 15) is 4.79 Å². The van der Waals surface area contributed by atoms with Gasteiger partial charge in [-0.25, -0.2) is 4.79 Å². The lowest BCUT2D eigenvalue weighted by atomic mass is 10.2. The van der Waals surface area contributed by atoms with Gasteiger partial charge < -0.3 is 14.2 Å². The molecule has 0 bridgehead atoms. The molecule has 3 rings (SSSR count). The predicted molar refractivity (Wildman–Crippen MR) is 83.7 cm³/mol. The summed E-state index contributed by atoms with van der Waals surface area (Å²) in [6.45, 7) is 0.208. The van der Waals surface area contributed by atoms with E-state index in [1.54, 1.807) is 24.3 Å². The number of rotatable bonds is 3. The predicted octanol–water partition coefficient (Wildman–Crippen LogP) is 4.34. The van der Waals surface area contributed by atoms with Gasteiger partial charge in [0.2, 0.25) is 6.79 Å². The van der Waals surface area contributed by atoms with Gasteiger partial charge in [0.25, 0.3) is 0 Å². The Hall–Kier alpha value is -2.17. The molecule has 0 saturated heterocycles. The molecule has 0 fully saturated rings. The number of ether oxygens (including phenoxy) is 3. The molecule has 1 aliphatic rings. The molecule has 0 radical (unpaired) electrons. The monoisotopic (exact) mass is 336 g/mol. The molecule has 0 unspecified atom stereocenters. The molecule has 6 heteroatoms. The van der Waals surface area contributed by atoms with Crippen molar-refractivity contribution in [2.45, 2.75) is 0 Å². The zero-order chi connectivity index (χ0) is 15.5. The van der Waals surface area contributed by atoms with Crippen LogP contribution in [0.15, 0.2) is 42.5 Å². The van der Waals surface area contributed by atoms with Crippen molar-refractivity contribution in [3.8, 4) is 17.2 Å². The van der Waals surface area contributed by atoms with E-state index >= 15 is 0 Å². The highest BCUT2D eigenvalue weighted by molar-refractivity contribution is 6.35. The molecule has 0 atom stereocenters. The summed E-state index contributed by atoms with van der Waals surface area (Å²) < 4.78 is 15.6. The summed E-state index contributed by atoms with van der Waals surface area (Å²) in [5.74, 6) is 1.05. The molecule has 0 N–H and O–H groups in total. The van der Waals surface area contributed by atoms with Crippen LogP contribution in [0.5, 0.6) is 17.2 Å². The minimum Gasteiger partial charge on any atom is -0.454 e. The first-order chi connectivity index (χ1) is 10.6. The van der Waals surface area contributed by atoms with Crippen molar-refractivity contribution in [1.29, 1.82) is 0 Å². The normalized spacial score (nSPS) is 12.6. The fraction of sp³-hybridized carbons (Fsp3) is 0.0625. The zero-order valence-electron chi connectivity index (χ0n) is 11.2. The molecular formula is C16H10Cl2O4. The summed E-state index contributed by atoms with van der Waals surface area (Å²) in [4.78, 5) is 11.8. The van der Waals surface area contributed by atoms with Crippen LogP contribution in [0.1, 0.15) is 5.56 Å². The molecule has 1 heterocycles. The van der Waals surface area contributed by atoms with Gasteiger partial charge in [-0.2, -0.15) is 0 Å². The van der Waals surface area contributed by atoms with E-state index in [2.05, 4.69) is 0 Å². The number of fused-ring (bicyclic) bond motifs is 1. The first kappa shape index (κ1) is 14.8. The summed E-state index contributed by atoms with van der Waals surface area (Å²) in [6.07, 6.45) is 2.93. The Labute approximate surface area is 136 Å². The number of carbonyl (C=O) groups excluding carboxylic acids is 1. The molecule has 4 nitrogen and oxygen atoms in total. The Morgan fingerprint density at radius 2 is 1.91 bits per heavy atom. The van der Waals surface area contributed by atoms with Gasteiger partial charge >= 0.3 is 5.97 Å². The van der Waals surface area contributed by atoms with Crippen LogP contribution in [0.3, 0.4) is 0 Å². The van der Waals surface area contributed by atoms with E-state index in [1.807, 2.05) is 6.07 Å². The molecule has 2 aromatic rings. The largest absolute Gasteiger partial charge is 0.454 e. The van der Waals surface area contributed by atoms with Crippen LogP contribution >= 0.6 is 23.2 Å². The van der Waals surface area contributed by atoms with Gasteiger partial charge in [-0.3, -0.25) is 0 Å². The van der Waals surface area contributed by atoms with Crippen molar-refractivity contribution in [2.75, 3.05) is 6.79 Å². The van der Waals surface area contributed by atoms with Gasteiger partial charge in [0.1, 0.15) is 5.75 Å². The fourth-order valence-corrected chi connectivity index (χ4v) is 2.33. The maximum absolute atomic E-state index is 11.8. The third kappa shape index (κ3) is 3.35. The van der Waals surface area contributed by atoms with Gasteiger partial charge in [-0.1, -0.05) is 29.3 Å². The first-order valence-electron chi connectivity index (χ1n) is 6.36. The Bertz CT molecular complexity index is 756. The van der Waals surface area contributed by atoms with Crippen molar-refractivity contribution in [2.24, 2.45) is 0 Å². The second-order valence-corrected chi connectivity index (χ2v) is 5.29. The quantitative estimate of drug-likeness (QED) is 0.475. The highest BCUT2D eigenvalue weighted by Crippen LogP contribution is 2.33. The van der Waals surface area contributed by atoms with E-state index in [1.165, 1.54) is 18.2 Å². The summed E-state index contributed by atoms with van der Waals surface area (Å²) in [5.41, 5.74) is 0.795. The van der Waals surface area contributed by atoms with Gasteiger partial charge in [0.05, 0.1) is 5.02 Å². The molecule has 22 heavy (non-hydrogen) atoms. The SMILES string of the molecule is O=C(C=Cc1ccc2c(c1)OCO2)Oc1ccc(Cl)cc1Cl. The lowest BCUT2D eigenvalue weighted by Crippen LogP contribution is -2.03. The summed E-state index contributed by atoms with van der Waals surface area (Å²) in [7, 11) is 0. The molecule has 0 aromatic heterocycles. The van der Waals surface area contributed by atoms with Crippen LogP contribution in [0.25, 0.3) is 6.08 Å². The maximum Gasteiger partial charge on any atom is 0.336 e. The number of halogens is 2. The number of benzene rings is 2. The first-order valence-corrected chi connectivity index (χ1v) is 7.12. The number of hydrogen-bond acceptors (Lipinski definition) is 4. The van der Waals surface area contributed by atoms with E-state index in [0.29, 0.717) is 16.5 Å². The second kappa shape index (κ2) is 6.30. The van der Waals surface area contributed by atoms with Gasteiger partial charge in [-0.05, 0) is 42.0 Å². The fourth-order valence-electron chi connectivity index (χ4n) is 1.88. The second-order valence-electron chi connectivity index (χ2n) is 4.44. The van der Waals surface area contributed by atoms with E-state index in [-0.39, 0.29) is 17.6 Å². The van der Waals surface area contributed by atoms with Crippen LogP contribution < -0.4 is 14.2 Å². The van der Waals surface area contributed by atoms with Crippen molar-refractivity contribution < 1.29 is 19.0 Å². The van der Waals surface area contributed by atoms with Crippen molar-refractivity contribution in [3.05, 3.63) is 58.1 Å². The lowest BCUT2D eigenvalue weighted by Gasteiger charge is -2.04. The molecule has 2 aromatic carbocycles. The third-order valence-electron chi connectivity index (χ3n) is 2.91. The summed E-state index contributed by atoms with van der Waals surface area (Å²) >= 11 is 11.7. The van der Waals surface area contributed by atoms with E-state index in [0.717, 1.165) is 5.56 Å². The van der Waals surface area contributed by atoms with Crippen molar-refractivity contribution in [3.63, 3.8) is 0 Å². The van der Waals surface area contributed by atoms with Gasteiger partial charge in [0.15, 0.2) is 11.5 Å². The molecule has 1 aliphatic heterocycles. The number of hydrogen-bond donors (Lipinski definition) is 0. The minimum atomic E-state index is -0.540. The average Bonchev–Trinajstić information content (AvgIpc) is 2.95. The molecule has 0 amide bonds. The Balaban J connectivity index is 1.68. The summed E-state index contributed by atoms with van der Waals surface area (Å²) in [6, 6.07) is 10.0. The molecule has 0 spiro atoms. The van der Waals surface area contributed by atoms with Crippen molar-refractivity contribution >= 4 is 35.2 Å². The van der Waals surface area contributed by atoms with Crippen LogP contribution in [-0.4, -0.2) is 12.8 Å². The van der Waals surface area contributed by atoms with Crippen LogP contribution in [0.4, 0.5) is 0 Å². The van der Waals surface area contributed by atoms with Crippen molar-refractivity contribution in [1.82, 2.24) is 0 Å². The molecular weight excluding hydrogens is 327 g/mol. The molecule has 0 saturated carbocycles. The Morgan fingerprint density at radius 1 is 1.09 bits per heavy atom. The van der Waals surface area contributed by atoms with Gasteiger partial charge in [-0.15, -0.1) is 0 Å².